The average Bonchev–Trinajstić information content (AvgIpc) is 2.39. The molecule has 0 aliphatic carbocycles. The van der Waals surface area contributed by atoms with Crippen LogP contribution in [0.15, 0.2) is 24.3 Å². The maximum atomic E-state index is 8.90. The number of benzene rings is 1. The standard InChI is InChI=1S/C14H17ClN4/c1-2-13(18)14(19(8-6-16)9-7-17)11-4-3-5-12(15)10-11/h3-5,10,13-14H,2,8-9,18H2,1H3. The quantitative estimate of drug-likeness (QED) is 0.810. The predicted octanol–water partition coefficient (Wildman–Crippen LogP) is 2.47. The van der Waals surface area contributed by atoms with Crippen molar-refractivity contribution in [2.45, 2.75) is 25.4 Å². The third-order valence-corrected chi connectivity index (χ3v) is 3.24. The molecule has 0 aliphatic heterocycles. The van der Waals surface area contributed by atoms with Gasteiger partial charge in [0.25, 0.3) is 0 Å². The third kappa shape index (κ3) is 4.22. The minimum absolute atomic E-state index is 0.153. The van der Waals surface area contributed by atoms with E-state index in [-0.39, 0.29) is 25.2 Å². The van der Waals surface area contributed by atoms with Crippen molar-refractivity contribution in [3.05, 3.63) is 34.9 Å². The first-order valence-corrected chi connectivity index (χ1v) is 6.50. The predicted molar refractivity (Wildman–Crippen MR) is 75.3 cm³/mol. The van der Waals surface area contributed by atoms with Gasteiger partial charge < -0.3 is 5.73 Å². The molecule has 0 radical (unpaired) electrons. The first-order chi connectivity index (χ1) is 9.13. The van der Waals surface area contributed by atoms with Gasteiger partial charge in [-0.1, -0.05) is 30.7 Å². The largest absolute Gasteiger partial charge is 0.326 e. The highest BCUT2D eigenvalue weighted by molar-refractivity contribution is 6.30. The molecule has 0 spiro atoms. The molecule has 0 fully saturated rings. The molecule has 1 rings (SSSR count). The molecule has 2 unspecified atom stereocenters. The molecule has 0 amide bonds. The van der Waals surface area contributed by atoms with Crippen LogP contribution in [-0.4, -0.2) is 24.0 Å². The zero-order valence-corrected chi connectivity index (χ0v) is 11.6. The van der Waals surface area contributed by atoms with Gasteiger partial charge in [0.15, 0.2) is 0 Å². The summed E-state index contributed by atoms with van der Waals surface area (Å²) >= 11 is 6.01. The van der Waals surface area contributed by atoms with Crippen LogP contribution < -0.4 is 5.73 Å². The first-order valence-electron chi connectivity index (χ1n) is 6.13. The molecule has 5 heteroatoms. The van der Waals surface area contributed by atoms with Gasteiger partial charge in [0, 0.05) is 11.1 Å². The van der Waals surface area contributed by atoms with Crippen molar-refractivity contribution in [1.29, 1.82) is 10.5 Å². The number of nitriles is 2. The van der Waals surface area contributed by atoms with E-state index in [1.807, 2.05) is 25.1 Å². The van der Waals surface area contributed by atoms with Gasteiger partial charge in [-0.15, -0.1) is 0 Å². The number of nitrogens with zero attached hydrogens (tertiary/aromatic N) is 3. The average molecular weight is 277 g/mol. The monoisotopic (exact) mass is 276 g/mol. The summed E-state index contributed by atoms with van der Waals surface area (Å²) in [5.74, 6) is 0. The molecule has 0 bridgehead atoms. The Morgan fingerprint density at radius 2 is 1.95 bits per heavy atom. The van der Waals surface area contributed by atoms with Crippen molar-refractivity contribution in [2.24, 2.45) is 5.73 Å². The van der Waals surface area contributed by atoms with Crippen molar-refractivity contribution < 1.29 is 0 Å². The summed E-state index contributed by atoms with van der Waals surface area (Å²) in [6.45, 7) is 2.32. The van der Waals surface area contributed by atoms with Gasteiger partial charge in [-0.2, -0.15) is 10.5 Å². The molecule has 1 aromatic carbocycles. The van der Waals surface area contributed by atoms with Crippen LogP contribution in [0.4, 0.5) is 0 Å². The SMILES string of the molecule is CCC(N)C(c1cccc(Cl)c1)N(CC#N)CC#N. The highest BCUT2D eigenvalue weighted by atomic mass is 35.5. The molecule has 100 valence electrons. The van der Waals surface area contributed by atoms with Crippen LogP contribution in [0.3, 0.4) is 0 Å². The Bertz CT molecular complexity index is 473. The van der Waals surface area contributed by atoms with Crippen LogP contribution >= 0.6 is 11.6 Å². The number of nitrogens with two attached hydrogens (primary N) is 1. The molecule has 0 aliphatic rings. The smallest absolute Gasteiger partial charge is 0.0879 e. The van der Waals surface area contributed by atoms with E-state index in [1.54, 1.807) is 11.0 Å². The van der Waals surface area contributed by atoms with Crippen LogP contribution in [0.1, 0.15) is 24.9 Å². The third-order valence-electron chi connectivity index (χ3n) is 3.01. The summed E-state index contributed by atoms with van der Waals surface area (Å²) in [6.07, 6.45) is 0.755. The van der Waals surface area contributed by atoms with Crippen molar-refractivity contribution in [3.63, 3.8) is 0 Å². The van der Waals surface area contributed by atoms with Gasteiger partial charge in [0.2, 0.25) is 0 Å². The second-order valence-corrected chi connectivity index (χ2v) is 4.73. The molecule has 19 heavy (non-hydrogen) atoms. The van der Waals surface area contributed by atoms with Gasteiger partial charge in [-0.25, -0.2) is 0 Å². The summed E-state index contributed by atoms with van der Waals surface area (Å²) < 4.78 is 0. The second kappa shape index (κ2) is 7.76. The summed E-state index contributed by atoms with van der Waals surface area (Å²) in [5, 5.41) is 18.4. The van der Waals surface area contributed by atoms with E-state index in [4.69, 9.17) is 27.9 Å². The highest BCUT2D eigenvalue weighted by Gasteiger charge is 2.25. The number of halogens is 1. The summed E-state index contributed by atoms with van der Waals surface area (Å²) in [4.78, 5) is 1.78. The molecule has 4 nitrogen and oxygen atoms in total. The molecule has 0 saturated heterocycles. The number of hydrogen-bond acceptors (Lipinski definition) is 4. The Hall–Kier alpha value is -1.59. The van der Waals surface area contributed by atoms with Gasteiger partial charge in [-0.3, -0.25) is 4.90 Å². The molecular weight excluding hydrogens is 260 g/mol. The minimum atomic E-state index is -0.178. The number of hydrogen-bond donors (Lipinski definition) is 1. The Morgan fingerprint density at radius 1 is 1.32 bits per heavy atom. The molecule has 1 aromatic rings. The van der Waals surface area contributed by atoms with E-state index >= 15 is 0 Å². The summed E-state index contributed by atoms with van der Waals surface area (Å²) in [5.41, 5.74) is 7.09. The van der Waals surface area contributed by atoms with Crippen LogP contribution in [0.2, 0.25) is 5.02 Å². The molecule has 2 N–H and O–H groups in total. The van der Waals surface area contributed by atoms with Crippen molar-refractivity contribution in [1.82, 2.24) is 4.90 Å². The molecule has 2 atom stereocenters. The fourth-order valence-electron chi connectivity index (χ4n) is 2.08. The van der Waals surface area contributed by atoms with E-state index in [0.29, 0.717) is 5.02 Å². The van der Waals surface area contributed by atoms with Gasteiger partial charge in [-0.05, 0) is 24.1 Å². The molecule has 0 saturated carbocycles. The lowest BCUT2D eigenvalue weighted by molar-refractivity contribution is 0.212. The van der Waals surface area contributed by atoms with Gasteiger partial charge in [0.05, 0.1) is 31.3 Å². The lowest BCUT2D eigenvalue weighted by Gasteiger charge is -2.32. The van der Waals surface area contributed by atoms with Gasteiger partial charge in [0.1, 0.15) is 0 Å². The second-order valence-electron chi connectivity index (χ2n) is 4.29. The maximum absolute atomic E-state index is 8.90. The lowest BCUT2D eigenvalue weighted by Crippen LogP contribution is -2.41. The van der Waals surface area contributed by atoms with E-state index in [1.165, 1.54) is 0 Å². The van der Waals surface area contributed by atoms with Crippen LogP contribution in [-0.2, 0) is 0 Å². The van der Waals surface area contributed by atoms with E-state index in [2.05, 4.69) is 12.1 Å². The Labute approximate surface area is 119 Å². The van der Waals surface area contributed by atoms with E-state index < -0.39 is 0 Å². The highest BCUT2D eigenvalue weighted by Crippen LogP contribution is 2.26. The lowest BCUT2D eigenvalue weighted by atomic mass is 9.96. The maximum Gasteiger partial charge on any atom is 0.0879 e. The normalized spacial score (nSPS) is 13.6. The van der Waals surface area contributed by atoms with Gasteiger partial charge >= 0.3 is 0 Å². The molecular formula is C14H17ClN4. The van der Waals surface area contributed by atoms with Crippen molar-refractivity contribution in [3.8, 4) is 12.1 Å². The van der Waals surface area contributed by atoms with E-state index in [9.17, 15) is 0 Å². The summed E-state index contributed by atoms with van der Waals surface area (Å²) in [6, 6.07) is 11.2. The van der Waals surface area contributed by atoms with Crippen LogP contribution in [0.25, 0.3) is 0 Å². The zero-order valence-electron chi connectivity index (χ0n) is 10.9. The van der Waals surface area contributed by atoms with Crippen LogP contribution in [0, 0.1) is 22.7 Å². The minimum Gasteiger partial charge on any atom is -0.326 e. The summed E-state index contributed by atoms with van der Waals surface area (Å²) in [7, 11) is 0. The fourth-order valence-corrected chi connectivity index (χ4v) is 2.28. The molecule has 0 aromatic heterocycles. The first kappa shape index (κ1) is 15.5. The topological polar surface area (TPSA) is 76.8 Å². The van der Waals surface area contributed by atoms with E-state index in [0.717, 1.165) is 12.0 Å². The zero-order chi connectivity index (χ0) is 14.3. The van der Waals surface area contributed by atoms with Crippen molar-refractivity contribution >= 4 is 11.6 Å². The van der Waals surface area contributed by atoms with Crippen LogP contribution in [0.5, 0.6) is 0 Å². The molecule has 0 heterocycles. The Balaban J connectivity index is 3.13. The number of rotatable bonds is 6. The fraction of sp³-hybridized carbons (Fsp3) is 0.429. The van der Waals surface area contributed by atoms with Crippen molar-refractivity contribution in [2.75, 3.05) is 13.1 Å². The Morgan fingerprint density at radius 3 is 2.42 bits per heavy atom. The Kier molecular flexibility index (Phi) is 6.32.